The third kappa shape index (κ3) is 2.49. The second kappa shape index (κ2) is 5.24. The first kappa shape index (κ1) is 13.3. The summed E-state index contributed by atoms with van der Waals surface area (Å²) >= 11 is 0. The van der Waals surface area contributed by atoms with Crippen LogP contribution in [-0.4, -0.2) is 20.1 Å². The largest absolute Gasteiger partial charge is 0.325 e. The van der Waals surface area contributed by atoms with Crippen LogP contribution in [0.25, 0.3) is 5.65 Å². The summed E-state index contributed by atoms with van der Waals surface area (Å²) in [7, 11) is 0. The molecule has 0 bridgehead atoms. The SMILES string of the molecule is Cl.NC1(Cc2nnc3ccccn23)CCCCC1. The number of fused-ring (bicyclic) bond motifs is 1. The molecule has 2 heterocycles. The average Bonchev–Trinajstić information content (AvgIpc) is 2.73. The van der Waals surface area contributed by atoms with Gasteiger partial charge in [-0.25, -0.2) is 0 Å². The molecule has 0 amide bonds. The molecule has 5 heteroatoms. The van der Waals surface area contributed by atoms with Crippen molar-refractivity contribution >= 4 is 18.1 Å². The summed E-state index contributed by atoms with van der Waals surface area (Å²) in [5.41, 5.74) is 7.29. The molecule has 0 saturated heterocycles. The molecule has 0 aromatic carbocycles. The topological polar surface area (TPSA) is 56.2 Å². The minimum Gasteiger partial charge on any atom is -0.325 e. The van der Waals surface area contributed by atoms with E-state index >= 15 is 0 Å². The highest BCUT2D eigenvalue weighted by Crippen LogP contribution is 2.28. The van der Waals surface area contributed by atoms with E-state index in [0.717, 1.165) is 30.7 Å². The standard InChI is InChI=1S/C13H18N4.ClH/c14-13(7-3-1-4-8-13)10-12-16-15-11-6-2-5-9-17(11)12;/h2,5-6,9H,1,3-4,7-8,10,14H2;1H. The second-order valence-corrected chi connectivity index (χ2v) is 5.14. The number of rotatable bonds is 2. The molecular formula is C13H19ClN4. The van der Waals surface area contributed by atoms with Crippen molar-refractivity contribution in [3.8, 4) is 0 Å². The lowest BCUT2D eigenvalue weighted by Crippen LogP contribution is -2.44. The highest BCUT2D eigenvalue weighted by molar-refractivity contribution is 5.85. The third-order valence-corrected chi connectivity index (χ3v) is 3.74. The van der Waals surface area contributed by atoms with Crippen LogP contribution in [0, 0.1) is 0 Å². The van der Waals surface area contributed by atoms with E-state index in [4.69, 9.17) is 5.73 Å². The van der Waals surface area contributed by atoms with Gasteiger partial charge in [0, 0.05) is 18.2 Å². The number of aromatic nitrogens is 3. The average molecular weight is 267 g/mol. The van der Waals surface area contributed by atoms with E-state index in [1.807, 2.05) is 28.8 Å². The minimum absolute atomic E-state index is 0. The van der Waals surface area contributed by atoms with Crippen molar-refractivity contribution in [1.29, 1.82) is 0 Å². The van der Waals surface area contributed by atoms with Gasteiger partial charge in [-0.05, 0) is 25.0 Å². The molecule has 1 aliphatic rings. The molecule has 18 heavy (non-hydrogen) atoms. The summed E-state index contributed by atoms with van der Waals surface area (Å²) in [6, 6.07) is 5.96. The minimum atomic E-state index is -0.0724. The smallest absolute Gasteiger partial charge is 0.160 e. The number of hydrogen-bond acceptors (Lipinski definition) is 3. The molecule has 0 aliphatic heterocycles. The highest BCUT2D eigenvalue weighted by atomic mass is 35.5. The molecule has 4 nitrogen and oxygen atoms in total. The number of nitrogens with zero attached hydrogens (tertiary/aromatic N) is 3. The van der Waals surface area contributed by atoms with Crippen LogP contribution >= 0.6 is 12.4 Å². The fourth-order valence-corrected chi connectivity index (χ4v) is 2.76. The van der Waals surface area contributed by atoms with Crippen LogP contribution in [0.4, 0.5) is 0 Å². The van der Waals surface area contributed by atoms with Crippen molar-refractivity contribution in [3.63, 3.8) is 0 Å². The molecule has 0 radical (unpaired) electrons. The summed E-state index contributed by atoms with van der Waals surface area (Å²) in [4.78, 5) is 0. The van der Waals surface area contributed by atoms with Gasteiger partial charge in [-0.1, -0.05) is 25.3 Å². The summed E-state index contributed by atoms with van der Waals surface area (Å²) in [5.74, 6) is 0.991. The van der Waals surface area contributed by atoms with Crippen LogP contribution in [-0.2, 0) is 6.42 Å². The Balaban J connectivity index is 0.00000120. The molecule has 98 valence electrons. The Bertz CT molecular complexity index is 516. The molecule has 1 fully saturated rings. The van der Waals surface area contributed by atoms with Crippen molar-refractivity contribution in [3.05, 3.63) is 30.2 Å². The van der Waals surface area contributed by atoms with Crippen molar-refractivity contribution < 1.29 is 0 Å². The lowest BCUT2D eigenvalue weighted by atomic mass is 9.80. The van der Waals surface area contributed by atoms with Crippen LogP contribution in [0.3, 0.4) is 0 Å². The van der Waals surface area contributed by atoms with Gasteiger partial charge < -0.3 is 5.73 Å². The number of halogens is 1. The predicted octanol–water partition coefficient (Wildman–Crippen LogP) is 2.36. The van der Waals surface area contributed by atoms with Gasteiger partial charge in [0.15, 0.2) is 5.65 Å². The van der Waals surface area contributed by atoms with Gasteiger partial charge in [0.1, 0.15) is 5.82 Å². The first-order valence-corrected chi connectivity index (χ1v) is 6.34. The Morgan fingerprint density at radius 2 is 1.94 bits per heavy atom. The summed E-state index contributed by atoms with van der Waals surface area (Å²) in [6.45, 7) is 0. The van der Waals surface area contributed by atoms with E-state index in [-0.39, 0.29) is 17.9 Å². The van der Waals surface area contributed by atoms with Gasteiger partial charge in [0.05, 0.1) is 0 Å². The van der Waals surface area contributed by atoms with E-state index in [9.17, 15) is 0 Å². The Hall–Kier alpha value is -1.13. The molecule has 1 saturated carbocycles. The molecule has 0 spiro atoms. The highest BCUT2D eigenvalue weighted by Gasteiger charge is 2.29. The van der Waals surface area contributed by atoms with E-state index in [1.165, 1.54) is 19.3 Å². The summed E-state index contributed by atoms with van der Waals surface area (Å²) < 4.78 is 2.04. The second-order valence-electron chi connectivity index (χ2n) is 5.14. The van der Waals surface area contributed by atoms with Crippen molar-refractivity contribution in [2.75, 3.05) is 0 Å². The molecule has 0 atom stereocenters. The molecule has 2 aromatic rings. The Kier molecular flexibility index (Phi) is 3.88. The van der Waals surface area contributed by atoms with Gasteiger partial charge in [-0.15, -0.1) is 22.6 Å². The van der Waals surface area contributed by atoms with Crippen LogP contribution in [0.1, 0.15) is 37.9 Å². The Morgan fingerprint density at radius 1 is 1.17 bits per heavy atom. The van der Waals surface area contributed by atoms with E-state index in [1.54, 1.807) is 0 Å². The van der Waals surface area contributed by atoms with E-state index in [2.05, 4.69) is 10.2 Å². The zero-order chi connectivity index (χ0) is 11.7. The number of nitrogens with two attached hydrogens (primary N) is 1. The normalized spacial score (nSPS) is 18.5. The van der Waals surface area contributed by atoms with Gasteiger partial charge in [-0.3, -0.25) is 4.40 Å². The van der Waals surface area contributed by atoms with Crippen molar-refractivity contribution in [2.24, 2.45) is 5.73 Å². The predicted molar refractivity (Wildman–Crippen MR) is 73.9 cm³/mol. The maximum atomic E-state index is 6.46. The van der Waals surface area contributed by atoms with Crippen LogP contribution in [0.5, 0.6) is 0 Å². The monoisotopic (exact) mass is 266 g/mol. The third-order valence-electron chi connectivity index (χ3n) is 3.74. The van der Waals surface area contributed by atoms with E-state index in [0.29, 0.717) is 0 Å². The zero-order valence-electron chi connectivity index (χ0n) is 10.4. The van der Waals surface area contributed by atoms with Gasteiger partial charge in [0.2, 0.25) is 0 Å². The van der Waals surface area contributed by atoms with Crippen LogP contribution < -0.4 is 5.73 Å². The van der Waals surface area contributed by atoms with Gasteiger partial charge >= 0.3 is 0 Å². The molecule has 1 aliphatic carbocycles. The molecule has 2 N–H and O–H groups in total. The van der Waals surface area contributed by atoms with Gasteiger partial charge in [0.25, 0.3) is 0 Å². The lowest BCUT2D eigenvalue weighted by molar-refractivity contribution is 0.289. The zero-order valence-corrected chi connectivity index (χ0v) is 11.2. The molecule has 2 aromatic heterocycles. The summed E-state index contributed by atoms with van der Waals surface area (Å²) in [5, 5.41) is 8.44. The fourth-order valence-electron chi connectivity index (χ4n) is 2.76. The maximum Gasteiger partial charge on any atom is 0.160 e. The lowest BCUT2D eigenvalue weighted by Gasteiger charge is -2.32. The molecule has 3 rings (SSSR count). The Labute approximate surface area is 113 Å². The van der Waals surface area contributed by atoms with Crippen LogP contribution in [0.2, 0.25) is 0 Å². The molecular weight excluding hydrogens is 248 g/mol. The van der Waals surface area contributed by atoms with Crippen molar-refractivity contribution in [1.82, 2.24) is 14.6 Å². The Morgan fingerprint density at radius 3 is 2.72 bits per heavy atom. The quantitative estimate of drug-likeness (QED) is 0.908. The van der Waals surface area contributed by atoms with Gasteiger partial charge in [-0.2, -0.15) is 0 Å². The number of hydrogen-bond donors (Lipinski definition) is 1. The van der Waals surface area contributed by atoms with E-state index < -0.39 is 0 Å². The van der Waals surface area contributed by atoms with Crippen LogP contribution in [0.15, 0.2) is 24.4 Å². The fraction of sp³-hybridized carbons (Fsp3) is 0.538. The van der Waals surface area contributed by atoms with Crippen molar-refractivity contribution in [2.45, 2.75) is 44.1 Å². The first-order chi connectivity index (χ1) is 8.27. The first-order valence-electron chi connectivity index (χ1n) is 6.34. The summed E-state index contributed by atoms with van der Waals surface area (Å²) in [6.07, 6.45) is 8.86. The number of pyridine rings is 1. The molecule has 0 unspecified atom stereocenters. The maximum absolute atomic E-state index is 6.46.